The molecule has 0 radical (unpaired) electrons. The Morgan fingerprint density at radius 3 is 2.30 bits per heavy atom. The lowest BCUT2D eigenvalue weighted by Crippen LogP contribution is -2.52. The molecule has 2 rings (SSSR count). The van der Waals surface area contributed by atoms with Crippen LogP contribution >= 0.6 is 0 Å². The monoisotopic (exact) mass is 306 g/mol. The first-order valence-electron chi connectivity index (χ1n) is 6.97. The second kappa shape index (κ2) is 6.84. The number of carbonyl (C=O) groups is 1. The number of ether oxygens (including phenoxy) is 1. The maximum Gasteiger partial charge on any atom is 0.248 e. The summed E-state index contributed by atoms with van der Waals surface area (Å²) < 4.78 is 31.4. The molecule has 0 atom stereocenters. The molecule has 1 amide bonds. The van der Waals surface area contributed by atoms with Gasteiger partial charge in [0.1, 0.15) is 6.61 Å². The molecule has 8 heteroatoms. The summed E-state index contributed by atoms with van der Waals surface area (Å²) in [5.74, 6) is 0.00180. The number of hydrogen-bond acceptors (Lipinski definition) is 5. The maximum atomic E-state index is 12.3. The van der Waals surface area contributed by atoms with Crippen LogP contribution in [0.1, 0.15) is 12.8 Å². The smallest absolute Gasteiger partial charge is 0.248 e. The lowest BCUT2D eigenvalue weighted by atomic mass is 10.0. The fourth-order valence-corrected chi connectivity index (χ4v) is 4.49. The molecule has 0 bridgehead atoms. The van der Waals surface area contributed by atoms with Crippen LogP contribution in [0.5, 0.6) is 0 Å². The third-order valence-electron chi connectivity index (χ3n) is 3.91. The van der Waals surface area contributed by atoms with E-state index in [1.54, 1.807) is 0 Å². The molecular formula is C12H22N2O5S. The lowest BCUT2D eigenvalue weighted by Gasteiger charge is -2.34. The molecule has 2 aliphatic rings. The molecule has 0 aromatic rings. The van der Waals surface area contributed by atoms with Crippen molar-refractivity contribution >= 4 is 15.9 Å². The summed E-state index contributed by atoms with van der Waals surface area (Å²) in [6.07, 6.45) is 1.59. The minimum absolute atomic E-state index is 0.171. The molecule has 1 N–H and O–H groups in total. The Hall–Kier alpha value is -0.700. The topological polar surface area (TPSA) is 87.2 Å². The van der Waals surface area contributed by atoms with Crippen molar-refractivity contribution in [2.75, 3.05) is 51.8 Å². The SMILES string of the molecule is O=C(CO)N1CCN(S(=O)(=O)CC2CCOCC2)CC1. The van der Waals surface area contributed by atoms with Crippen molar-refractivity contribution in [3.8, 4) is 0 Å². The molecule has 0 aromatic heterocycles. The second-order valence-corrected chi connectivity index (χ2v) is 7.29. The van der Waals surface area contributed by atoms with Gasteiger partial charge in [0.2, 0.25) is 15.9 Å². The van der Waals surface area contributed by atoms with Crippen LogP contribution in [0.4, 0.5) is 0 Å². The van der Waals surface area contributed by atoms with Crippen molar-refractivity contribution in [3.63, 3.8) is 0 Å². The zero-order valence-electron chi connectivity index (χ0n) is 11.5. The third kappa shape index (κ3) is 3.91. The fourth-order valence-electron chi connectivity index (χ4n) is 2.63. The van der Waals surface area contributed by atoms with E-state index in [1.165, 1.54) is 9.21 Å². The minimum atomic E-state index is -3.26. The van der Waals surface area contributed by atoms with Crippen LogP contribution in [0.2, 0.25) is 0 Å². The van der Waals surface area contributed by atoms with Crippen LogP contribution in [0.15, 0.2) is 0 Å². The molecule has 7 nitrogen and oxygen atoms in total. The van der Waals surface area contributed by atoms with Gasteiger partial charge in [-0.1, -0.05) is 0 Å². The van der Waals surface area contributed by atoms with E-state index in [0.717, 1.165) is 12.8 Å². The summed E-state index contributed by atoms with van der Waals surface area (Å²) in [5, 5.41) is 8.79. The quantitative estimate of drug-likeness (QED) is 0.711. The Kier molecular flexibility index (Phi) is 5.36. The summed E-state index contributed by atoms with van der Waals surface area (Å²) in [4.78, 5) is 12.8. The number of carbonyl (C=O) groups excluding carboxylic acids is 1. The molecule has 2 heterocycles. The van der Waals surface area contributed by atoms with Gasteiger partial charge in [0, 0.05) is 39.4 Å². The first-order chi connectivity index (χ1) is 9.53. The molecule has 2 fully saturated rings. The molecule has 0 unspecified atom stereocenters. The highest BCUT2D eigenvalue weighted by molar-refractivity contribution is 7.89. The van der Waals surface area contributed by atoms with E-state index in [1.807, 2.05) is 0 Å². The van der Waals surface area contributed by atoms with Gasteiger partial charge in [-0.05, 0) is 18.8 Å². The number of piperazine rings is 1. The van der Waals surface area contributed by atoms with Gasteiger partial charge in [0.25, 0.3) is 0 Å². The minimum Gasteiger partial charge on any atom is -0.387 e. The summed E-state index contributed by atoms with van der Waals surface area (Å²) >= 11 is 0. The predicted molar refractivity (Wildman–Crippen MR) is 72.6 cm³/mol. The van der Waals surface area contributed by atoms with Gasteiger partial charge in [-0.25, -0.2) is 8.42 Å². The summed E-state index contributed by atoms with van der Waals surface area (Å²) in [7, 11) is -3.26. The number of aliphatic hydroxyl groups is 1. The van der Waals surface area contributed by atoms with E-state index in [-0.39, 0.29) is 17.6 Å². The summed E-state index contributed by atoms with van der Waals surface area (Å²) in [6, 6.07) is 0. The molecule has 2 aliphatic heterocycles. The first kappa shape index (κ1) is 15.7. The summed E-state index contributed by atoms with van der Waals surface area (Å²) in [6.45, 7) is 2.10. The van der Waals surface area contributed by atoms with Gasteiger partial charge in [-0.3, -0.25) is 4.79 Å². The Balaban J connectivity index is 1.86. The van der Waals surface area contributed by atoms with Gasteiger partial charge < -0.3 is 14.7 Å². The van der Waals surface area contributed by atoms with Crippen LogP contribution < -0.4 is 0 Å². The first-order valence-corrected chi connectivity index (χ1v) is 8.58. The molecular weight excluding hydrogens is 284 g/mol. The molecule has 2 saturated heterocycles. The normalized spacial score (nSPS) is 22.9. The van der Waals surface area contributed by atoms with Crippen LogP contribution in [-0.4, -0.2) is 80.4 Å². The Bertz CT molecular complexity index is 425. The number of amides is 1. The van der Waals surface area contributed by atoms with Crippen molar-refractivity contribution in [2.24, 2.45) is 5.92 Å². The molecule has 20 heavy (non-hydrogen) atoms. The van der Waals surface area contributed by atoms with Crippen molar-refractivity contribution < 1.29 is 23.1 Å². The zero-order valence-corrected chi connectivity index (χ0v) is 12.3. The number of hydrogen-bond donors (Lipinski definition) is 1. The third-order valence-corrected chi connectivity index (χ3v) is 5.95. The van der Waals surface area contributed by atoms with Crippen molar-refractivity contribution in [1.82, 2.24) is 9.21 Å². The molecule has 116 valence electrons. The van der Waals surface area contributed by atoms with Gasteiger partial charge in [0.15, 0.2) is 0 Å². The Labute approximate surface area is 119 Å². The summed E-state index contributed by atoms with van der Waals surface area (Å²) in [5.41, 5.74) is 0. The highest BCUT2D eigenvalue weighted by atomic mass is 32.2. The van der Waals surface area contributed by atoms with E-state index in [9.17, 15) is 13.2 Å². The molecule has 0 spiro atoms. The largest absolute Gasteiger partial charge is 0.387 e. The number of sulfonamides is 1. The van der Waals surface area contributed by atoms with Gasteiger partial charge >= 0.3 is 0 Å². The number of rotatable bonds is 4. The van der Waals surface area contributed by atoms with Crippen LogP contribution in [-0.2, 0) is 19.6 Å². The average Bonchev–Trinajstić information content (AvgIpc) is 2.47. The predicted octanol–water partition coefficient (Wildman–Crippen LogP) is -1.12. The van der Waals surface area contributed by atoms with Crippen molar-refractivity contribution in [1.29, 1.82) is 0 Å². The van der Waals surface area contributed by atoms with E-state index in [2.05, 4.69) is 0 Å². The van der Waals surface area contributed by atoms with Gasteiger partial charge in [0.05, 0.1) is 5.75 Å². The van der Waals surface area contributed by atoms with Crippen LogP contribution in [0.25, 0.3) is 0 Å². The molecule has 0 saturated carbocycles. The maximum absolute atomic E-state index is 12.3. The average molecular weight is 306 g/mol. The van der Waals surface area contributed by atoms with Crippen molar-refractivity contribution in [2.45, 2.75) is 12.8 Å². The van der Waals surface area contributed by atoms with E-state index < -0.39 is 16.6 Å². The molecule has 0 aromatic carbocycles. The van der Waals surface area contributed by atoms with Crippen LogP contribution in [0, 0.1) is 5.92 Å². The standard InChI is InChI=1S/C12H22N2O5S/c15-9-12(16)13-3-5-14(6-4-13)20(17,18)10-11-1-7-19-8-2-11/h11,15H,1-10H2. The highest BCUT2D eigenvalue weighted by Gasteiger charge is 2.31. The highest BCUT2D eigenvalue weighted by Crippen LogP contribution is 2.19. The Morgan fingerprint density at radius 2 is 1.75 bits per heavy atom. The van der Waals surface area contributed by atoms with E-state index in [4.69, 9.17) is 9.84 Å². The van der Waals surface area contributed by atoms with Crippen molar-refractivity contribution in [3.05, 3.63) is 0 Å². The number of aliphatic hydroxyl groups excluding tert-OH is 1. The van der Waals surface area contributed by atoms with Crippen LogP contribution in [0.3, 0.4) is 0 Å². The lowest BCUT2D eigenvalue weighted by molar-refractivity contribution is -0.135. The van der Waals surface area contributed by atoms with E-state index >= 15 is 0 Å². The molecule has 0 aliphatic carbocycles. The Morgan fingerprint density at radius 1 is 1.15 bits per heavy atom. The zero-order chi connectivity index (χ0) is 14.6. The van der Waals surface area contributed by atoms with Gasteiger partial charge in [-0.15, -0.1) is 0 Å². The number of nitrogens with zero attached hydrogens (tertiary/aromatic N) is 2. The van der Waals surface area contributed by atoms with E-state index in [0.29, 0.717) is 39.4 Å². The fraction of sp³-hybridized carbons (Fsp3) is 0.917. The van der Waals surface area contributed by atoms with Gasteiger partial charge in [-0.2, -0.15) is 4.31 Å². The second-order valence-electron chi connectivity index (χ2n) is 5.27.